The lowest BCUT2D eigenvalue weighted by atomic mass is 9.84. The second-order valence-corrected chi connectivity index (χ2v) is 6.75. The number of nitrogens with one attached hydrogen (secondary N) is 1. The molecule has 108 valence electrons. The van der Waals surface area contributed by atoms with Crippen LogP contribution in [-0.2, 0) is 6.42 Å². The first-order chi connectivity index (χ1) is 9.52. The number of likely N-dealkylation sites (tertiary alicyclic amines) is 1. The number of piperidine rings is 1. The molecule has 1 saturated heterocycles. The van der Waals surface area contributed by atoms with Crippen molar-refractivity contribution >= 4 is 16.7 Å². The van der Waals surface area contributed by atoms with Crippen LogP contribution in [0.25, 0.3) is 11.0 Å². The monoisotopic (exact) mass is 272 g/mol. The van der Waals surface area contributed by atoms with Crippen molar-refractivity contribution in [1.29, 1.82) is 0 Å². The van der Waals surface area contributed by atoms with E-state index in [1.54, 1.807) is 0 Å². The molecule has 0 unspecified atom stereocenters. The van der Waals surface area contributed by atoms with Gasteiger partial charge >= 0.3 is 0 Å². The van der Waals surface area contributed by atoms with Gasteiger partial charge in [-0.15, -0.1) is 0 Å². The summed E-state index contributed by atoms with van der Waals surface area (Å²) < 4.78 is 0. The number of rotatable bonds is 3. The van der Waals surface area contributed by atoms with Gasteiger partial charge in [0.2, 0.25) is 0 Å². The number of nitrogens with zero attached hydrogens (tertiary/aromatic N) is 2. The summed E-state index contributed by atoms with van der Waals surface area (Å²) in [6.45, 7) is 8.22. The molecule has 3 N–H and O–H groups in total. The quantitative estimate of drug-likeness (QED) is 0.845. The maximum Gasteiger partial charge on any atom is 0.108 e. The summed E-state index contributed by atoms with van der Waals surface area (Å²) in [5.41, 5.74) is 9.09. The molecule has 3 rings (SSSR count). The smallest absolute Gasteiger partial charge is 0.108 e. The van der Waals surface area contributed by atoms with Gasteiger partial charge in [0.1, 0.15) is 5.82 Å². The second kappa shape index (κ2) is 5.09. The van der Waals surface area contributed by atoms with E-state index >= 15 is 0 Å². The van der Waals surface area contributed by atoms with E-state index in [1.165, 1.54) is 25.9 Å². The molecule has 0 aliphatic carbocycles. The predicted molar refractivity (Wildman–Crippen MR) is 83.7 cm³/mol. The fraction of sp³-hybridized carbons (Fsp3) is 0.562. The molecule has 1 fully saturated rings. The summed E-state index contributed by atoms with van der Waals surface area (Å²) >= 11 is 0. The highest BCUT2D eigenvalue weighted by Crippen LogP contribution is 2.28. The molecule has 1 aromatic heterocycles. The Morgan fingerprint density at radius 3 is 3.05 bits per heavy atom. The van der Waals surface area contributed by atoms with Crippen molar-refractivity contribution < 1.29 is 0 Å². The number of anilines is 1. The lowest BCUT2D eigenvalue weighted by Gasteiger charge is -2.37. The lowest BCUT2D eigenvalue weighted by molar-refractivity contribution is 0.118. The second-order valence-electron chi connectivity index (χ2n) is 6.75. The van der Waals surface area contributed by atoms with E-state index in [1.807, 2.05) is 18.2 Å². The van der Waals surface area contributed by atoms with Gasteiger partial charge in [-0.25, -0.2) is 4.98 Å². The summed E-state index contributed by atoms with van der Waals surface area (Å²) in [5.74, 6) is 1.06. The molecule has 0 atom stereocenters. The van der Waals surface area contributed by atoms with Gasteiger partial charge in [0.15, 0.2) is 0 Å². The fourth-order valence-electron chi connectivity index (χ4n) is 3.20. The Morgan fingerprint density at radius 1 is 1.40 bits per heavy atom. The van der Waals surface area contributed by atoms with Crippen LogP contribution >= 0.6 is 0 Å². The van der Waals surface area contributed by atoms with E-state index < -0.39 is 0 Å². The number of aromatic amines is 1. The Hall–Kier alpha value is -1.55. The van der Waals surface area contributed by atoms with Crippen molar-refractivity contribution in [2.45, 2.75) is 33.1 Å². The first-order valence-corrected chi connectivity index (χ1v) is 7.48. The van der Waals surface area contributed by atoms with Gasteiger partial charge in [-0.3, -0.25) is 0 Å². The molecular formula is C16H24N4. The third kappa shape index (κ3) is 2.96. The first kappa shape index (κ1) is 13.4. The molecule has 1 aliphatic heterocycles. The van der Waals surface area contributed by atoms with Crippen LogP contribution in [0.2, 0.25) is 0 Å². The minimum atomic E-state index is 0.459. The Labute approximate surface area is 120 Å². The summed E-state index contributed by atoms with van der Waals surface area (Å²) in [7, 11) is 0. The number of hydrogen-bond acceptors (Lipinski definition) is 3. The Morgan fingerprint density at radius 2 is 2.25 bits per heavy atom. The predicted octanol–water partition coefficient (Wildman–Crippen LogP) is 2.81. The zero-order valence-electron chi connectivity index (χ0n) is 12.4. The fourth-order valence-corrected chi connectivity index (χ4v) is 3.20. The van der Waals surface area contributed by atoms with Gasteiger partial charge in [0.25, 0.3) is 0 Å². The lowest BCUT2D eigenvalue weighted by Crippen LogP contribution is -2.41. The largest absolute Gasteiger partial charge is 0.399 e. The molecule has 1 aliphatic rings. The number of fused-ring (bicyclic) bond motifs is 1. The zero-order valence-corrected chi connectivity index (χ0v) is 12.4. The van der Waals surface area contributed by atoms with Crippen LogP contribution in [-0.4, -0.2) is 34.5 Å². The number of H-pyrrole nitrogens is 1. The van der Waals surface area contributed by atoms with Gasteiger partial charge in [-0.05, 0) is 43.0 Å². The van der Waals surface area contributed by atoms with Gasteiger partial charge in [-0.2, -0.15) is 0 Å². The molecule has 2 heterocycles. The van der Waals surface area contributed by atoms with Crippen molar-refractivity contribution in [1.82, 2.24) is 14.9 Å². The standard InChI is InChI=1S/C16H24N4/c1-16(2)7-3-8-20(11-16)9-6-15-18-13-5-4-12(17)10-14(13)19-15/h4-5,10H,3,6-9,11,17H2,1-2H3,(H,18,19). The number of benzene rings is 1. The van der Waals surface area contributed by atoms with Crippen LogP contribution in [0.15, 0.2) is 18.2 Å². The summed E-state index contributed by atoms with van der Waals surface area (Å²) in [6.07, 6.45) is 3.63. The average molecular weight is 272 g/mol. The molecule has 2 aromatic rings. The van der Waals surface area contributed by atoms with Crippen molar-refractivity contribution in [3.63, 3.8) is 0 Å². The first-order valence-electron chi connectivity index (χ1n) is 7.48. The highest BCUT2D eigenvalue weighted by molar-refractivity contribution is 5.78. The van der Waals surface area contributed by atoms with Crippen LogP contribution in [0.1, 0.15) is 32.5 Å². The number of imidazole rings is 1. The van der Waals surface area contributed by atoms with E-state index in [2.05, 4.69) is 28.7 Å². The van der Waals surface area contributed by atoms with E-state index in [4.69, 9.17) is 5.73 Å². The van der Waals surface area contributed by atoms with Crippen molar-refractivity contribution in [3.8, 4) is 0 Å². The molecular weight excluding hydrogens is 248 g/mol. The van der Waals surface area contributed by atoms with Crippen molar-refractivity contribution in [3.05, 3.63) is 24.0 Å². The molecule has 0 saturated carbocycles. The van der Waals surface area contributed by atoms with E-state index in [0.717, 1.165) is 35.5 Å². The molecule has 20 heavy (non-hydrogen) atoms. The molecule has 4 nitrogen and oxygen atoms in total. The van der Waals surface area contributed by atoms with Gasteiger partial charge < -0.3 is 15.6 Å². The topological polar surface area (TPSA) is 57.9 Å². The molecule has 1 aromatic carbocycles. The highest BCUT2D eigenvalue weighted by atomic mass is 15.1. The maximum absolute atomic E-state index is 5.80. The van der Waals surface area contributed by atoms with E-state index in [-0.39, 0.29) is 0 Å². The SMILES string of the molecule is CC1(C)CCCN(CCc2nc3ccc(N)cc3[nH]2)C1. The summed E-state index contributed by atoms with van der Waals surface area (Å²) in [4.78, 5) is 10.6. The van der Waals surface area contributed by atoms with Crippen LogP contribution in [0.3, 0.4) is 0 Å². The summed E-state index contributed by atoms with van der Waals surface area (Å²) in [5, 5.41) is 0. The number of aromatic nitrogens is 2. The number of hydrogen-bond donors (Lipinski definition) is 2. The van der Waals surface area contributed by atoms with E-state index in [9.17, 15) is 0 Å². The number of nitrogens with two attached hydrogens (primary N) is 1. The Balaban J connectivity index is 1.65. The van der Waals surface area contributed by atoms with Gasteiger partial charge in [0.05, 0.1) is 11.0 Å². The third-order valence-corrected chi connectivity index (χ3v) is 4.20. The molecule has 0 spiro atoms. The van der Waals surface area contributed by atoms with Crippen LogP contribution in [0, 0.1) is 5.41 Å². The molecule has 0 amide bonds. The average Bonchev–Trinajstić information content (AvgIpc) is 2.77. The van der Waals surface area contributed by atoms with Crippen LogP contribution in [0.4, 0.5) is 5.69 Å². The highest BCUT2D eigenvalue weighted by Gasteiger charge is 2.25. The van der Waals surface area contributed by atoms with Crippen LogP contribution in [0.5, 0.6) is 0 Å². The molecule has 4 heteroatoms. The summed E-state index contributed by atoms with van der Waals surface area (Å²) in [6, 6.07) is 5.84. The van der Waals surface area contributed by atoms with Crippen LogP contribution < -0.4 is 5.73 Å². The minimum Gasteiger partial charge on any atom is -0.399 e. The minimum absolute atomic E-state index is 0.459. The van der Waals surface area contributed by atoms with Gasteiger partial charge in [0, 0.05) is 25.2 Å². The van der Waals surface area contributed by atoms with E-state index in [0.29, 0.717) is 5.41 Å². The Bertz CT molecular complexity index is 600. The number of nitrogen functional groups attached to an aromatic ring is 1. The zero-order chi connectivity index (χ0) is 14.2. The third-order valence-electron chi connectivity index (χ3n) is 4.20. The van der Waals surface area contributed by atoms with Crippen molar-refractivity contribution in [2.24, 2.45) is 5.41 Å². The molecule has 0 bridgehead atoms. The Kier molecular flexibility index (Phi) is 3.42. The van der Waals surface area contributed by atoms with Gasteiger partial charge in [-0.1, -0.05) is 13.8 Å². The molecule has 0 radical (unpaired) electrons. The maximum atomic E-state index is 5.80. The normalized spacial score (nSPS) is 19.5. The van der Waals surface area contributed by atoms with Crippen molar-refractivity contribution in [2.75, 3.05) is 25.4 Å².